The highest BCUT2D eigenvalue weighted by atomic mass is 16.5. The lowest BCUT2D eigenvalue weighted by atomic mass is 10.0. The first kappa shape index (κ1) is 11.1. The summed E-state index contributed by atoms with van der Waals surface area (Å²) in [6.45, 7) is 4.23. The van der Waals surface area contributed by atoms with Gasteiger partial charge in [0.15, 0.2) is 0 Å². The van der Waals surface area contributed by atoms with Gasteiger partial charge in [-0.05, 0) is 40.2 Å². The van der Waals surface area contributed by atoms with Crippen LogP contribution in [0.4, 0.5) is 0 Å². The number of ether oxygens (including phenoxy) is 1. The number of carbonyl (C=O) groups excluding carboxylic acids is 1. The van der Waals surface area contributed by atoms with Gasteiger partial charge in [-0.15, -0.1) is 0 Å². The zero-order valence-corrected chi connectivity index (χ0v) is 9.90. The SMILES string of the molecule is CC1CC(N(C)C2CCCC2=O)C(C)O1. The van der Waals surface area contributed by atoms with E-state index in [1.54, 1.807) is 0 Å². The third-order valence-corrected chi connectivity index (χ3v) is 3.85. The Morgan fingerprint density at radius 3 is 2.60 bits per heavy atom. The summed E-state index contributed by atoms with van der Waals surface area (Å²) in [5.74, 6) is 0.421. The van der Waals surface area contributed by atoms with Crippen molar-refractivity contribution in [1.29, 1.82) is 0 Å². The van der Waals surface area contributed by atoms with Gasteiger partial charge in [0.05, 0.1) is 18.2 Å². The lowest BCUT2D eigenvalue weighted by Crippen LogP contribution is -2.45. The molecule has 0 bridgehead atoms. The van der Waals surface area contributed by atoms with Crippen molar-refractivity contribution in [2.24, 2.45) is 0 Å². The van der Waals surface area contributed by atoms with Crippen molar-refractivity contribution in [3.05, 3.63) is 0 Å². The molecule has 1 aliphatic carbocycles. The second-order valence-electron chi connectivity index (χ2n) is 4.99. The highest BCUT2D eigenvalue weighted by Crippen LogP contribution is 2.29. The lowest BCUT2D eigenvalue weighted by Gasteiger charge is -2.31. The minimum atomic E-state index is 0.159. The van der Waals surface area contributed by atoms with E-state index in [9.17, 15) is 4.79 Å². The number of Topliss-reactive ketones (excluding diaryl/α,β-unsaturated/α-hetero) is 1. The summed E-state index contributed by atoms with van der Waals surface area (Å²) in [5.41, 5.74) is 0. The van der Waals surface area contributed by atoms with Crippen LogP contribution < -0.4 is 0 Å². The Kier molecular flexibility index (Phi) is 3.12. The summed E-state index contributed by atoms with van der Waals surface area (Å²) in [7, 11) is 2.08. The van der Waals surface area contributed by atoms with Crippen LogP contribution in [-0.2, 0) is 9.53 Å². The summed E-state index contributed by atoms with van der Waals surface area (Å²) >= 11 is 0. The number of carbonyl (C=O) groups is 1. The van der Waals surface area contributed by atoms with Gasteiger partial charge in [0.2, 0.25) is 0 Å². The summed E-state index contributed by atoms with van der Waals surface area (Å²) in [6.07, 6.45) is 4.52. The zero-order valence-electron chi connectivity index (χ0n) is 9.90. The maximum absolute atomic E-state index is 11.7. The van der Waals surface area contributed by atoms with Crippen molar-refractivity contribution in [3.8, 4) is 0 Å². The Labute approximate surface area is 91.8 Å². The van der Waals surface area contributed by atoms with Gasteiger partial charge in [-0.1, -0.05) is 0 Å². The van der Waals surface area contributed by atoms with Crippen molar-refractivity contribution in [1.82, 2.24) is 4.90 Å². The maximum Gasteiger partial charge on any atom is 0.149 e. The third-order valence-electron chi connectivity index (χ3n) is 3.85. The van der Waals surface area contributed by atoms with Gasteiger partial charge in [-0.3, -0.25) is 9.69 Å². The van der Waals surface area contributed by atoms with Crippen LogP contribution in [0.15, 0.2) is 0 Å². The molecule has 0 aromatic heterocycles. The molecule has 3 heteroatoms. The van der Waals surface area contributed by atoms with E-state index in [0.29, 0.717) is 17.9 Å². The van der Waals surface area contributed by atoms with Crippen LogP contribution in [-0.4, -0.2) is 42.0 Å². The molecule has 0 aromatic carbocycles. The normalized spacial score (nSPS) is 41.7. The predicted molar refractivity (Wildman–Crippen MR) is 58.8 cm³/mol. The fourth-order valence-electron chi connectivity index (χ4n) is 3.00. The van der Waals surface area contributed by atoms with Crippen molar-refractivity contribution in [2.45, 2.75) is 63.8 Å². The van der Waals surface area contributed by atoms with Gasteiger partial charge < -0.3 is 4.74 Å². The van der Waals surface area contributed by atoms with Crippen LogP contribution in [0, 0.1) is 0 Å². The molecule has 1 aliphatic heterocycles. The Morgan fingerprint density at radius 1 is 1.40 bits per heavy atom. The topological polar surface area (TPSA) is 29.5 Å². The molecule has 86 valence electrons. The summed E-state index contributed by atoms with van der Waals surface area (Å²) in [4.78, 5) is 13.9. The van der Waals surface area contributed by atoms with Gasteiger partial charge >= 0.3 is 0 Å². The Balaban J connectivity index is 2.01. The molecular formula is C12H21NO2. The Morgan fingerprint density at radius 2 is 2.13 bits per heavy atom. The smallest absolute Gasteiger partial charge is 0.149 e. The van der Waals surface area contributed by atoms with Crippen molar-refractivity contribution in [2.75, 3.05) is 7.05 Å². The minimum absolute atomic E-state index is 0.159. The van der Waals surface area contributed by atoms with E-state index < -0.39 is 0 Å². The zero-order chi connectivity index (χ0) is 11.0. The number of hydrogen-bond donors (Lipinski definition) is 0. The minimum Gasteiger partial charge on any atom is -0.374 e. The van der Waals surface area contributed by atoms with Gasteiger partial charge in [0.1, 0.15) is 5.78 Å². The average Bonchev–Trinajstić information content (AvgIpc) is 2.71. The first-order chi connectivity index (χ1) is 7.09. The van der Waals surface area contributed by atoms with Crippen LogP contribution >= 0.6 is 0 Å². The van der Waals surface area contributed by atoms with Crippen LogP contribution in [0.2, 0.25) is 0 Å². The van der Waals surface area contributed by atoms with E-state index in [-0.39, 0.29) is 12.1 Å². The Hall–Kier alpha value is -0.410. The second kappa shape index (κ2) is 4.22. The highest BCUT2D eigenvalue weighted by molar-refractivity contribution is 5.85. The first-order valence-electron chi connectivity index (χ1n) is 5.99. The van der Waals surface area contributed by atoms with E-state index in [0.717, 1.165) is 25.7 Å². The molecule has 2 aliphatic rings. The van der Waals surface area contributed by atoms with E-state index in [2.05, 4.69) is 25.8 Å². The molecule has 0 N–H and O–H groups in total. The molecule has 3 nitrogen and oxygen atoms in total. The van der Waals surface area contributed by atoms with Gasteiger partial charge in [0.25, 0.3) is 0 Å². The lowest BCUT2D eigenvalue weighted by molar-refractivity contribution is -0.122. The second-order valence-corrected chi connectivity index (χ2v) is 4.99. The molecule has 0 radical (unpaired) electrons. The number of hydrogen-bond acceptors (Lipinski definition) is 3. The number of nitrogens with zero attached hydrogens (tertiary/aromatic N) is 1. The first-order valence-corrected chi connectivity index (χ1v) is 5.99. The maximum atomic E-state index is 11.7. The number of likely N-dealkylation sites (N-methyl/N-ethyl adjacent to an activating group) is 1. The van der Waals surface area contributed by atoms with Crippen LogP contribution in [0.5, 0.6) is 0 Å². The van der Waals surface area contributed by atoms with Gasteiger partial charge in [0, 0.05) is 12.5 Å². The standard InChI is InChI=1S/C12H21NO2/c1-8-7-11(9(2)15-8)13(3)10-5-4-6-12(10)14/h8-11H,4-7H2,1-3H3. The van der Waals surface area contributed by atoms with Crippen LogP contribution in [0.3, 0.4) is 0 Å². The average molecular weight is 211 g/mol. The molecule has 1 saturated carbocycles. The molecule has 1 saturated heterocycles. The van der Waals surface area contributed by atoms with E-state index in [1.165, 1.54) is 0 Å². The molecule has 1 heterocycles. The van der Waals surface area contributed by atoms with Crippen molar-refractivity contribution < 1.29 is 9.53 Å². The molecule has 2 rings (SSSR count). The molecule has 0 amide bonds. The molecule has 4 atom stereocenters. The summed E-state index contributed by atoms with van der Waals surface area (Å²) < 4.78 is 5.74. The fourth-order valence-corrected chi connectivity index (χ4v) is 3.00. The van der Waals surface area contributed by atoms with Crippen molar-refractivity contribution >= 4 is 5.78 Å². The van der Waals surface area contributed by atoms with E-state index in [1.807, 2.05) is 0 Å². The largest absolute Gasteiger partial charge is 0.374 e. The Bertz CT molecular complexity index is 254. The van der Waals surface area contributed by atoms with Crippen molar-refractivity contribution in [3.63, 3.8) is 0 Å². The predicted octanol–water partition coefficient (Wildman–Crippen LogP) is 1.61. The number of rotatable bonds is 2. The molecule has 4 unspecified atom stereocenters. The van der Waals surface area contributed by atoms with Crippen LogP contribution in [0.25, 0.3) is 0 Å². The van der Waals surface area contributed by atoms with Crippen LogP contribution in [0.1, 0.15) is 39.5 Å². The molecule has 0 spiro atoms. The number of ketones is 1. The molecule has 0 aromatic rings. The van der Waals surface area contributed by atoms with E-state index >= 15 is 0 Å². The molecule has 2 fully saturated rings. The quantitative estimate of drug-likeness (QED) is 0.695. The van der Waals surface area contributed by atoms with E-state index in [4.69, 9.17) is 4.74 Å². The highest BCUT2D eigenvalue weighted by Gasteiger charge is 2.38. The fraction of sp³-hybridized carbons (Fsp3) is 0.917. The summed E-state index contributed by atoms with van der Waals surface area (Å²) in [5, 5.41) is 0. The third kappa shape index (κ3) is 2.08. The molecular weight excluding hydrogens is 190 g/mol. The monoisotopic (exact) mass is 211 g/mol. The summed E-state index contributed by atoms with van der Waals surface area (Å²) in [6, 6.07) is 0.582. The molecule has 15 heavy (non-hydrogen) atoms. The van der Waals surface area contributed by atoms with Gasteiger partial charge in [-0.25, -0.2) is 0 Å². The van der Waals surface area contributed by atoms with Gasteiger partial charge in [-0.2, -0.15) is 0 Å².